The lowest BCUT2D eigenvalue weighted by molar-refractivity contribution is 0.472. The third-order valence-corrected chi connectivity index (χ3v) is 10.4. The van der Waals surface area contributed by atoms with Crippen LogP contribution in [0.1, 0.15) is 72.1 Å². The number of benzene rings is 3. The van der Waals surface area contributed by atoms with E-state index < -0.39 is 20.7 Å². The van der Waals surface area contributed by atoms with Gasteiger partial charge in [-0.05, 0) is 89.1 Å². The summed E-state index contributed by atoms with van der Waals surface area (Å²) in [6, 6.07) is 16.1. The fourth-order valence-corrected chi connectivity index (χ4v) is 8.24. The summed E-state index contributed by atoms with van der Waals surface area (Å²) in [6.07, 6.45) is 6.47. The molecule has 7 rings (SSSR count). The summed E-state index contributed by atoms with van der Waals surface area (Å²) in [5, 5.41) is 13.1. The molecule has 11 heteroatoms. The first-order valence-corrected chi connectivity index (χ1v) is 17.3. The van der Waals surface area contributed by atoms with Crippen LogP contribution in [0.5, 0.6) is 0 Å². The topological polar surface area (TPSA) is 136 Å². The molecule has 0 unspecified atom stereocenters. The summed E-state index contributed by atoms with van der Waals surface area (Å²) in [5.74, 6) is 0. The van der Waals surface area contributed by atoms with Crippen molar-refractivity contribution in [3.8, 4) is 6.07 Å². The van der Waals surface area contributed by atoms with Crippen LogP contribution in [0.15, 0.2) is 47.4 Å². The Kier molecular flexibility index (Phi) is 7.72. The first-order valence-electron chi connectivity index (χ1n) is 14.9. The summed E-state index contributed by atoms with van der Waals surface area (Å²) in [4.78, 5) is 2.28. The Bertz CT molecular complexity index is 2090. The number of nitriles is 1. The van der Waals surface area contributed by atoms with E-state index in [4.69, 9.17) is 12.6 Å². The van der Waals surface area contributed by atoms with Crippen LogP contribution in [-0.2, 0) is 51.9 Å². The molecule has 0 saturated heterocycles. The highest BCUT2D eigenvalue weighted by atomic mass is 32.2. The van der Waals surface area contributed by atoms with Crippen LogP contribution in [-0.4, -0.2) is 45.2 Å². The molecular formula is C33H34N3O6S2+. The average Bonchev–Trinajstić information content (AvgIpc) is 2.97. The van der Waals surface area contributed by atoms with Crippen molar-refractivity contribution in [1.29, 1.82) is 5.26 Å². The van der Waals surface area contributed by atoms with Crippen molar-refractivity contribution >= 4 is 32.0 Å². The minimum absolute atomic E-state index is 0.0888. The third-order valence-electron chi connectivity index (χ3n) is 9.50. The Labute approximate surface area is 258 Å². The number of rotatable bonds is 3. The van der Waals surface area contributed by atoms with Gasteiger partial charge >= 0.3 is 10.6 Å². The van der Waals surface area contributed by atoms with Gasteiger partial charge in [0.2, 0.25) is 5.36 Å². The third kappa shape index (κ3) is 5.25. The van der Waals surface area contributed by atoms with Crippen molar-refractivity contribution in [2.24, 2.45) is 0 Å². The molecular weight excluding hydrogens is 599 g/mol. The van der Waals surface area contributed by atoms with Crippen molar-refractivity contribution < 1.29 is 25.6 Å². The minimum Gasteiger partial charge on any atom is -0.367 e. The maximum absolute atomic E-state index is 11.5. The molecule has 0 spiro atoms. The van der Waals surface area contributed by atoms with E-state index >= 15 is 0 Å². The summed E-state index contributed by atoms with van der Waals surface area (Å²) < 4.78 is 60.3. The van der Waals surface area contributed by atoms with E-state index in [1.54, 1.807) is 12.1 Å². The number of aryl methyl sites for hydroxylation is 2. The van der Waals surface area contributed by atoms with E-state index in [0.29, 0.717) is 6.54 Å². The predicted molar refractivity (Wildman–Crippen MR) is 165 cm³/mol. The minimum atomic E-state index is -4.21. The van der Waals surface area contributed by atoms with Crippen LogP contribution >= 0.6 is 0 Å². The number of nitrogens with zero attached hydrogens (tertiary/aromatic N) is 3. The Morgan fingerprint density at radius 3 is 2.30 bits per heavy atom. The van der Waals surface area contributed by atoms with Crippen LogP contribution in [0.3, 0.4) is 0 Å². The molecule has 0 bridgehead atoms. The zero-order valence-electron chi connectivity index (χ0n) is 24.8. The molecule has 1 N–H and O–H groups in total. The monoisotopic (exact) mass is 632 g/mol. The van der Waals surface area contributed by atoms with Crippen molar-refractivity contribution in [2.75, 3.05) is 24.5 Å². The highest BCUT2D eigenvalue weighted by Crippen LogP contribution is 2.44. The molecule has 3 aromatic carbocycles. The van der Waals surface area contributed by atoms with Crippen LogP contribution < -0.4 is 20.1 Å². The maximum atomic E-state index is 11.5. The van der Waals surface area contributed by atoms with Gasteiger partial charge in [0.1, 0.15) is 19.2 Å². The van der Waals surface area contributed by atoms with Crippen molar-refractivity contribution in [1.82, 2.24) is 4.58 Å². The van der Waals surface area contributed by atoms with Crippen LogP contribution in [0.4, 0.5) is 5.69 Å². The van der Waals surface area contributed by atoms with E-state index in [1.165, 1.54) is 57.4 Å². The summed E-state index contributed by atoms with van der Waals surface area (Å²) in [6.45, 7) is 8.47. The average molecular weight is 633 g/mol. The maximum Gasteiger partial charge on any atom is 0.425 e. The highest BCUT2D eigenvalue weighted by molar-refractivity contribution is 7.85. The second-order valence-corrected chi connectivity index (χ2v) is 14.3. The number of fused-ring (bicyclic) bond motifs is 4. The number of hydrogen-bond acceptors (Lipinski definition) is 7. The molecule has 3 aliphatic heterocycles. The van der Waals surface area contributed by atoms with Crippen LogP contribution in [0, 0.1) is 11.3 Å². The summed E-state index contributed by atoms with van der Waals surface area (Å²) in [5.41, 5.74) is 10.5. The molecule has 4 aliphatic rings. The lowest BCUT2D eigenvalue weighted by atomic mass is 9.66. The molecule has 3 aromatic rings. The second kappa shape index (κ2) is 11.3. The normalized spacial score (nSPS) is 17.6. The van der Waals surface area contributed by atoms with E-state index in [1.807, 2.05) is 0 Å². The van der Waals surface area contributed by atoms with Gasteiger partial charge in [-0.25, -0.2) is 4.58 Å². The van der Waals surface area contributed by atoms with E-state index in [-0.39, 0.29) is 10.3 Å². The van der Waals surface area contributed by atoms with Crippen LogP contribution in [0.25, 0.3) is 5.57 Å². The standard InChI is InChI=1S/C33H33N3O3S.O3S/c1-33(2)29-18-30-22(6-3-15-36(30)20-21-9-11-24(12-10-21)40(37,38)39)16-26(29)28(19-34)27-17-23-7-4-13-35-14-5-8-25(31(27)33)32(23)35;1-4(2)3/h9-12,16-18H,3-8,13-15,20H2,1-2H3;/p+1. The summed E-state index contributed by atoms with van der Waals surface area (Å²) in [7, 11) is -7.32. The number of anilines is 1. The molecule has 228 valence electrons. The largest absolute Gasteiger partial charge is 0.425 e. The molecule has 0 aromatic heterocycles. The van der Waals surface area contributed by atoms with Gasteiger partial charge in [-0.2, -0.15) is 13.7 Å². The molecule has 0 fully saturated rings. The van der Waals surface area contributed by atoms with Crippen molar-refractivity contribution in [3.05, 3.63) is 92.0 Å². The zero-order valence-corrected chi connectivity index (χ0v) is 26.4. The molecule has 3 heterocycles. The molecule has 0 saturated carbocycles. The van der Waals surface area contributed by atoms with Crippen molar-refractivity contribution in [2.45, 2.75) is 69.2 Å². The molecule has 0 amide bonds. The Hall–Kier alpha value is -3.85. The second-order valence-electron chi connectivity index (χ2n) is 12.5. The van der Waals surface area contributed by atoms with Crippen LogP contribution in [0.2, 0.25) is 0 Å². The molecule has 1 aliphatic carbocycles. The summed E-state index contributed by atoms with van der Waals surface area (Å²) >= 11 is 0. The van der Waals surface area contributed by atoms with Crippen molar-refractivity contribution in [3.63, 3.8) is 0 Å². The van der Waals surface area contributed by atoms with Gasteiger partial charge in [-0.3, -0.25) is 4.55 Å². The SMILES string of the molecule is CC1(C)c2cc3c(cc2C(C#N)=c2cc4c5c(c21)CCC[N+]=5CCC4)CCCN3Cc1ccc(S(=O)(=O)O)cc1.O=S(=O)=O. The molecule has 44 heavy (non-hydrogen) atoms. The van der Waals surface area contributed by atoms with Gasteiger partial charge in [-0.15, -0.1) is 12.6 Å². The van der Waals surface area contributed by atoms with Gasteiger partial charge in [0.15, 0.2) is 0 Å². The molecule has 0 radical (unpaired) electrons. The highest BCUT2D eigenvalue weighted by Gasteiger charge is 2.39. The molecule has 0 atom stereocenters. The molecule has 9 nitrogen and oxygen atoms in total. The van der Waals surface area contributed by atoms with E-state index in [0.717, 1.165) is 73.7 Å². The fraction of sp³-hybridized carbons (Fsp3) is 0.394. The quantitative estimate of drug-likeness (QED) is 0.344. The lowest BCUT2D eigenvalue weighted by Crippen LogP contribution is -2.48. The number of hydrogen-bond donors (Lipinski definition) is 1. The first-order chi connectivity index (χ1) is 20.9. The predicted octanol–water partition coefficient (Wildman–Crippen LogP) is 2.63. The van der Waals surface area contributed by atoms with Gasteiger partial charge in [0.05, 0.1) is 10.5 Å². The van der Waals surface area contributed by atoms with E-state index in [2.05, 4.69) is 47.6 Å². The first kappa shape index (κ1) is 30.2. The lowest BCUT2D eigenvalue weighted by Gasteiger charge is -2.39. The van der Waals surface area contributed by atoms with Gasteiger partial charge in [0, 0.05) is 48.2 Å². The Morgan fingerprint density at radius 1 is 0.977 bits per heavy atom. The fourth-order valence-electron chi connectivity index (χ4n) is 7.76. The van der Waals surface area contributed by atoms with E-state index in [9.17, 15) is 18.2 Å². The zero-order chi connectivity index (χ0) is 31.4. The van der Waals surface area contributed by atoms with Gasteiger partial charge in [-0.1, -0.05) is 26.0 Å². The Morgan fingerprint density at radius 2 is 1.64 bits per heavy atom. The van der Waals surface area contributed by atoms with Gasteiger partial charge in [0.25, 0.3) is 10.1 Å². The van der Waals surface area contributed by atoms with Gasteiger partial charge < -0.3 is 4.90 Å². The Balaban J connectivity index is 0.000000810. The smallest absolute Gasteiger partial charge is 0.367 e.